The molecule has 1 rings (SSSR count). The maximum absolute atomic E-state index is 10.9. The van der Waals surface area contributed by atoms with Gasteiger partial charge in [0.1, 0.15) is 0 Å². The number of ether oxygens (including phenoxy) is 1. The van der Waals surface area contributed by atoms with Gasteiger partial charge in [0.25, 0.3) is 0 Å². The van der Waals surface area contributed by atoms with E-state index >= 15 is 0 Å². The first-order chi connectivity index (χ1) is 10.5. The molecule has 4 heteroatoms. The third kappa shape index (κ3) is 4.93. The molecule has 0 bridgehead atoms. The Morgan fingerprint density at radius 3 is 2.18 bits per heavy atom. The van der Waals surface area contributed by atoms with Gasteiger partial charge in [0.2, 0.25) is 0 Å². The van der Waals surface area contributed by atoms with Gasteiger partial charge in [0.15, 0.2) is 11.5 Å². The van der Waals surface area contributed by atoms with Crippen LogP contribution in [0.25, 0.3) is 0 Å². The number of aromatic hydroxyl groups is 1. The van der Waals surface area contributed by atoms with E-state index in [1.807, 2.05) is 13.0 Å². The minimum Gasteiger partial charge on any atom is -0.504 e. The molecule has 0 fully saturated rings. The number of phenolic OH excluding ortho intramolecular Hbond substituents is 1. The normalized spacial score (nSPS) is 10.7. The van der Waals surface area contributed by atoms with Crippen molar-refractivity contribution in [3.05, 3.63) is 22.8 Å². The Hall–Kier alpha value is -1.71. The van der Waals surface area contributed by atoms with Crippen molar-refractivity contribution in [2.24, 2.45) is 0 Å². The summed E-state index contributed by atoms with van der Waals surface area (Å²) in [6.07, 6.45) is 6.02. The maximum atomic E-state index is 10.9. The molecule has 1 aromatic rings. The van der Waals surface area contributed by atoms with Crippen LogP contribution in [0, 0.1) is 0 Å². The summed E-state index contributed by atoms with van der Waals surface area (Å²) in [5, 5.41) is 19.5. The number of unbranched alkanes of at least 4 members (excludes halogenated alkanes) is 2. The van der Waals surface area contributed by atoms with Gasteiger partial charge in [0.05, 0.1) is 0 Å². The zero-order valence-corrected chi connectivity index (χ0v) is 13.9. The molecule has 0 saturated carbocycles. The van der Waals surface area contributed by atoms with Gasteiger partial charge in [-0.05, 0) is 36.8 Å². The van der Waals surface area contributed by atoms with Crippen LogP contribution >= 0.6 is 0 Å². The molecule has 124 valence electrons. The summed E-state index contributed by atoms with van der Waals surface area (Å²) in [5.74, 6) is 0.147. The maximum Gasteiger partial charge on any atom is 0.511 e. The number of carbonyl (C=O) groups is 1. The van der Waals surface area contributed by atoms with E-state index in [2.05, 4.69) is 13.8 Å². The second-order valence-corrected chi connectivity index (χ2v) is 5.68. The van der Waals surface area contributed by atoms with E-state index < -0.39 is 6.16 Å². The van der Waals surface area contributed by atoms with E-state index in [4.69, 9.17) is 9.84 Å². The van der Waals surface area contributed by atoms with Gasteiger partial charge in [-0.3, -0.25) is 0 Å². The number of carboxylic acid groups (broad SMARTS) is 1. The highest BCUT2D eigenvalue weighted by Gasteiger charge is 2.20. The first-order valence-electron chi connectivity index (χ1n) is 8.32. The fraction of sp³-hybridized carbons (Fsp3) is 0.611. The van der Waals surface area contributed by atoms with Crippen LogP contribution in [0.1, 0.15) is 69.6 Å². The third-order valence-corrected chi connectivity index (χ3v) is 3.79. The van der Waals surface area contributed by atoms with Crippen molar-refractivity contribution in [1.29, 1.82) is 0 Å². The standard InChI is InChI=1S/C18H28O4/c1-4-7-8-11-15-13(9-5-2)12-14(10-6-3)17(16(15)19)22-18(20)21/h12,19H,4-11H2,1-3H3,(H,20,21). The summed E-state index contributed by atoms with van der Waals surface area (Å²) < 4.78 is 4.88. The lowest BCUT2D eigenvalue weighted by Crippen LogP contribution is -2.08. The molecular formula is C18H28O4. The van der Waals surface area contributed by atoms with Crippen LogP contribution in [0.2, 0.25) is 0 Å². The van der Waals surface area contributed by atoms with Gasteiger partial charge in [-0.25, -0.2) is 4.79 Å². The molecule has 0 radical (unpaired) electrons. The summed E-state index contributed by atoms with van der Waals surface area (Å²) in [5.41, 5.74) is 2.76. The van der Waals surface area contributed by atoms with Crippen molar-refractivity contribution in [2.45, 2.75) is 72.1 Å². The van der Waals surface area contributed by atoms with E-state index in [0.29, 0.717) is 6.42 Å². The van der Waals surface area contributed by atoms with Crippen LogP contribution in [0.5, 0.6) is 11.5 Å². The van der Waals surface area contributed by atoms with Crippen LogP contribution in [0.3, 0.4) is 0 Å². The number of benzene rings is 1. The highest BCUT2D eigenvalue weighted by atomic mass is 16.7. The van der Waals surface area contributed by atoms with Gasteiger partial charge in [-0.15, -0.1) is 0 Å². The zero-order valence-electron chi connectivity index (χ0n) is 13.9. The van der Waals surface area contributed by atoms with Crippen LogP contribution in [-0.2, 0) is 19.3 Å². The van der Waals surface area contributed by atoms with E-state index in [1.165, 1.54) is 0 Å². The Morgan fingerprint density at radius 2 is 1.64 bits per heavy atom. The molecule has 2 N–H and O–H groups in total. The highest BCUT2D eigenvalue weighted by molar-refractivity contribution is 5.66. The summed E-state index contributed by atoms with van der Waals surface area (Å²) in [6.45, 7) is 6.26. The Balaban J connectivity index is 3.27. The van der Waals surface area contributed by atoms with E-state index in [1.54, 1.807) is 0 Å². The molecule has 0 aromatic heterocycles. The Bertz CT molecular complexity index is 494. The van der Waals surface area contributed by atoms with Crippen LogP contribution < -0.4 is 4.74 Å². The van der Waals surface area contributed by atoms with Gasteiger partial charge in [-0.1, -0.05) is 52.5 Å². The van der Waals surface area contributed by atoms with Gasteiger partial charge < -0.3 is 14.9 Å². The number of rotatable bonds is 9. The highest BCUT2D eigenvalue weighted by Crippen LogP contribution is 2.38. The van der Waals surface area contributed by atoms with E-state index in [-0.39, 0.29) is 11.5 Å². The lowest BCUT2D eigenvalue weighted by molar-refractivity contribution is 0.142. The van der Waals surface area contributed by atoms with Crippen molar-refractivity contribution in [2.75, 3.05) is 0 Å². The molecule has 0 aliphatic rings. The molecule has 0 heterocycles. The molecule has 0 spiro atoms. The number of hydrogen-bond donors (Lipinski definition) is 2. The second-order valence-electron chi connectivity index (χ2n) is 5.68. The average molecular weight is 308 g/mol. The minimum atomic E-state index is -1.38. The fourth-order valence-corrected chi connectivity index (χ4v) is 2.78. The van der Waals surface area contributed by atoms with Gasteiger partial charge >= 0.3 is 6.16 Å². The van der Waals surface area contributed by atoms with Gasteiger partial charge in [0, 0.05) is 5.56 Å². The lowest BCUT2D eigenvalue weighted by atomic mass is 9.93. The van der Waals surface area contributed by atoms with E-state index in [0.717, 1.165) is 61.6 Å². The largest absolute Gasteiger partial charge is 0.511 e. The Morgan fingerprint density at radius 1 is 1.00 bits per heavy atom. The molecule has 1 aromatic carbocycles. The van der Waals surface area contributed by atoms with Crippen LogP contribution in [0.15, 0.2) is 6.07 Å². The molecule has 22 heavy (non-hydrogen) atoms. The topological polar surface area (TPSA) is 66.8 Å². The molecule has 0 unspecified atom stereocenters. The Labute approximate surface area is 133 Å². The predicted molar refractivity (Wildman–Crippen MR) is 88.0 cm³/mol. The van der Waals surface area contributed by atoms with Crippen molar-refractivity contribution >= 4 is 6.16 Å². The molecule has 0 saturated heterocycles. The fourth-order valence-electron chi connectivity index (χ4n) is 2.78. The molecular weight excluding hydrogens is 280 g/mol. The van der Waals surface area contributed by atoms with Crippen molar-refractivity contribution < 1.29 is 19.7 Å². The first-order valence-corrected chi connectivity index (χ1v) is 8.32. The summed E-state index contributed by atoms with van der Waals surface area (Å²) in [6, 6.07) is 2.02. The third-order valence-electron chi connectivity index (χ3n) is 3.79. The summed E-state index contributed by atoms with van der Waals surface area (Å²) >= 11 is 0. The molecule has 0 aliphatic heterocycles. The number of hydrogen-bond acceptors (Lipinski definition) is 3. The van der Waals surface area contributed by atoms with E-state index in [9.17, 15) is 9.90 Å². The van der Waals surface area contributed by atoms with Crippen molar-refractivity contribution in [1.82, 2.24) is 0 Å². The van der Waals surface area contributed by atoms with Crippen LogP contribution in [0.4, 0.5) is 4.79 Å². The summed E-state index contributed by atoms with van der Waals surface area (Å²) in [7, 11) is 0. The predicted octanol–water partition coefficient (Wildman–Crippen LogP) is 5.09. The number of phenols is 1. The molecule has 4 nitrogen and oxygen atoms in total. The zero-order chi connectivity index (χ0) is 16.5. The molecule has 0 amide bonds. The lowest BCUT2D eigenvalue weighted by Gasteiger charge is -2.17. The van der Waals surface area contributed by atoms with Crippen molar-refractivity contribution in [3.63, 3.8) is 0 Å². The smallest absolute Gasteiger partial charge is 0.504 e. The summed E-state index contributed by atoms with van der Waals surface area (Å²) in [4.78, 5) is 10.9. The molecule has 0 atom stereocenters. The van der Waals surface area contributed by atoms with Gasteiger partial charge in [-0.2, -0.15) is 0 Å². The monoisotopic (exact) mass is 308 g/mol. The Kier molecular flexibility index (Phi) is 7.78. The van der Waals surface area contributed by atoms with Crippen molar-refractivity contribution in [3.8, 4) is 11.5 Å². The quantitative estimate of drug-likeness (QED) is 0.379. The number of aryl methyl sites for hydroxylation is 2. The second kappa shape index (κ2) is 9.34. The SMILES string of the molecule is CCCCCc1c(CCC)cc(CCC)c(OC(=O)O)c1O. The molecule has 0 aliphatic carbocycles. The van der Waals surface area contributed by atoms with Crippen LogP contribution in [-0.4, -0.2) is 16.4 Å². The minimum absolute atomic E-state index is 0.0212. The first kappa shape index (κ1) is 18.3. The average Bonchev–Trinajstić information content (AvgIpc) is 2.46.